The first-order valence-electron chi connectivity index (χ1n) is 11.3. The Labute approximate surface area is 189 Å². The molecule has 6 nitrogen and oxygen atoms in total. The molecule has 3 aliphatic rings. The van der Waals surface area contributed by atoms with Gasteiger partial charge in [0.25, 0.3) is 0 Å². The Morgan fingerprint density at radius 1 is 1.00 bits per heavy atom. The van der Waals surface area contributed by atoms with Gasteiger partial charge in [0.15, 0.2) is 11.5 Å². The molecule has 5 rings (SSSR count). The van der Waals surface area contributed by atoms with E-state index in [-0.39, 0.29) is 43.4 Å². The molecule has 2 aromatic rings. The summed E-state index contributed by atoms with van der Waals surface area (Å²) < 4.78 is 29.0. The van der Waals surface area contributed by atoms with E-state index in [4.69, 9.17) is 23.7 Å². The molecule has 0 amide bonds. The number of rotatable bonds is 7. The average Bonchev–Trinajstić information content (AvgIpc) is 3.38. The van der Waals surface area contributed by atoms with Gasteiger partial charge in [0.1, 0.15) is 6.79 Å². The fourth-order valence-electron chi connectivity index (χ4n) is 4.94. The summed E-state index contributed by atoms with van der Waals surface area (Å²) >= 11 is 0. The van der Waals surface area contributed by atoms with Crippen molar-refractivity contribution in [3.8, 4) is 11.5 Å². The Bertz CT molecular complexity index is 986. The number of hydrogen-bond acceptors (Lipinski definition) is 6. The van der Waals surface area contributed by atoms with Gasteiger partial charge >= 0.3 is 5.97 Å². The summed E-state index contributed by atoms with van der Waals surface area (Å²) in [5, 5.41) is 0. The van der Waals surface area contributed by atoms with Gasteiger partial charge in [0.2, 0.25) is 6.79 Å². The Balaban J connectivity index is 1.49. The zero-order valence-corrected chi connectivity index (χ0v) is 19.8. The number of cyclic esters (lactones) is 1. The van der Waals surface area contributed by atoms with Crippen LogP contribution in [0.5, 0.6) is 11.5 Å². The number of hydrogen-bond donors (Lipinski definition) is 0. The van der Waals surface area contributed by atoms with Gasteiger partial charge in [0.05, 0.1) is 18.6 Å². The van der Waals surface area contributed by atoms with Crippen molar-refractivity contribution < 1.29 is 28.5 Å². The lowest BCUT2D eigenvalue weighted by Crippen LogP contribution is -2.36. The van der Waals surface area contributed by atoms with Crippen LogP contribution in [-0.4, -0.2) is 40.8 Å². The topological polar surface area (TPSA) is 63.2 Å². The van der Waals surface area contributed by atoms with Crippen molar-refractivity contribution in [2.24, 2.45) is 11.8 Å². The highest BCUT2D eigenvalue weighted by molar-refractivity contribution is 6.76. The molecule has 2 aliphatic heterocycles. The van der Waals surface area contributed by atoms with Crippen LogP contribution in [0.2, 0.25) is 25.7 Å². The summed E-state index contributed by atoms with van der Waals surface area (Å²) in [6.07, 6.45) is -0.303. The molecule has 4 atom stereocenters. The molecular weight excluding hydrogens is 424 g/mol. The molecular formula is C25H30O6Si. The summed E-state index contributed by atoms with van der Waals surface area (Å²) in [7, 11) is -1.17. The first-order chi connectivity index (χ1) is 15.4. The van der Waals surface area contributed by atoms with Gasteiger partial charge in [-0.3, -0.25) is 4.79 Å². The van der Waals surface area contributed by atoms with Crippen LogP contribution in [0.15, 0.2) is 42.5 Å². The van der Waals surface area contributed by atoms with E-state index < -0.39 is 8.07 Å². The second-order valence-electron chi connectivity index (χ2n) is 9.97. The fraction of sp³-hybridized carbons (Fsp3) is 0.480. The normalized spacial score (nSPS) is 25.9. The predicted octanol–water partition coefficient (Wildman–Crippen LogP) is 4.72. The maximum Gasteiger partial charge on any atom is 0.310 e. The summed E-state index contributed by atoms with van der Waals surface area (Å²) in [5.41, 5.74) is 3.15. The van der Waals surface area contributed by atoms with Crippen molar-refractivity contribution in [2.45, 2.75) is 37.7 Å². The fourth-order valence-corrected chi connectivity index (χ4v) is 5.70. The minimum Gasteiger partial charge on any atom is -0.465 e. The predicted molar refractivity (Wildman–Crippen MR) is 122 cm³/mol. The first kappa shape index (κ1) is 21.5. The maximum absolute atomic E-state index is 12.9. The van der Waals surface area contributed by atoms with E-state index in [0.29, 0.717) is 24.7 Å². The molecule has 0 N–H and O–H groups in total. The van der Waals surface area contributed by atoms with Gasteiger partial charge in [-0.25, -0.2) is 0 Å². The van der Waals surface area contributed by atoms with Crippen molar-refractivity contribution in [3.05, 3.63) is 59.2 Å². The molecule has 2 heterocycles. The highest BCUT2D eigenvalue weighted by atomic mass is 28.3. The van der Waals surface area contributed by atoms with Crippen LogP contribution in [0.25, 0.3) is 0 Å². The van der Waals surface area contributed by atoms with Crippen molar-refractivity contribution in [1.29, 1.82) is 0 Å². The molecule has 0 bridgehead atoms. The Hall–Kier alpha value is -2.35. The second kappa shape index (κ2) is 8.54. The molecule has 1 fully saturated rings. The van der Waals surface area contributed by atoms with Gasteiger partial charge in [0, 0.05) is 26.5 Å². The zero-order chi connectivity index (χ0) is 22.3. The number of fused-ring (bicyclic) bond motifs is 3. The van der Waals surface area contributed by atoms with E-state index in [0.717, 1.165) is 22.7 Å². The van der Waals surface area contributed by atoms with Crippen LogP contribution in [0.1, 0.15) is 28.7 Å². The number of ether oxygens (including phenoxy) is 5. The largest absolute Gasteiger partial charge is 0.465 e. The Morgan fingerprint density at radius 2 is 1.72 bits per heavy atom. The molecule has 0 saturated carbocycles. The Morgan fingerprint density at radius 3 is 2.44 bits per heavy atom. The minimum atomic E-state index is -1.17. The third-order valence-corrected chi connectivity index (χ3v) is 8.31. The van der Waals surface area contributed by atoms with Gasteiger partial charge in [-0.05, 0) is 34.9 Å². The van der Waals surface area contributed by atoms with Crippen molar-refractivity contribution in [1.82, 2.24) is 0 Å². The standard InChI is InChI=1S/C25H30O6Si/c1-32(2,3)10-9-27-14-31-24-18-12-21-20(29-15-30-21)11-17(18)22(16-7-5-4-6-8-16)23-19(24)13-28-25(23)26/h4-8,11-12,19,22-24H,9-10,13-15H2,1-3H3. The third-order valence-electron chi connectivity index (χ3n) is 6.61. The van der Waals surface area contributed by atoms with Gasteiger partial charge in [-0.2, -0.15) is 0 Å². The van der Waals surface area contributed by atoms with Crippen LogP contribution in [0, 0.1) is 11.8 Å². The van der Waals surface area contributed by atoms with Crippen LogP contribution >= 0.6 is 0 Å². The molecule has 1 saturated heterocycles. The van der Waals surface area contributed by atoms with Gasteiger partial charge in [-0.1, -0.05) is 50.0 Å². The first-order valence-corrected chi connectivity index (χ1v) is 15.0. The molecule has 170 valence electrons. The van der Waals surface area contributed by atoms with Crippen LogP contribution < -0.4 is 9.47 Å². The summed E-state index contributed by atoms with van der Waals surface area (Å²) in [5.74, 6) is 0.749. The quantitative estimate of drug-likeness (QED) is 0.261. The molecule has 4 unspecified atom stereocenters. The number of carbonyl (C=O) groups is 1. The van der Waals surface area contributed by atoms with E-state index >= 15 is 0 Å². The lowest BCUT2D eigenvalue weighted by atomic mass is 9.66. The smallest absolute Gasteiger partial charge is 0.310 e. The molecule has 1 aliphatic carbocycles. The molecule has 0 radical (unpaired) electrons. The number of esters is 1. The summed E-state index contributed by atoms with van der Waals surface area (Å²) in [4.78, 5) is 12.9. The van der Waals surface area contributed by atoms with E-state index in [9.17, 15) is 4.79 Å². The highest BCUT2D eigenvalue weighted by Crippen LogP contribution is 2.55. The molecule has 32 heavy (non-hydrogen) atoms. The zero-order valence-electron chi connectivity index (χ0n) is 18.8. The van der Waals surface area contributed by atoms with E-state index in [1.807, 2.05) is 30.3 Å². The van der Waals surface area contributed by atoms with Crippen molar-refractivity contribution in [3.63, 3.8) is 0 Å². The van der Waals surface area contributed by atoms with Gasteiger partial charge in [-0.15, -0.1) is 0 Å². The van der Waals surface area contributed by atoms with E-state index in [1.165, 1.54) is 0 Å². The third kappa shape index (κ3) is 4.05. The minimum absolute atomic E-state index is 0.0823. The lowest BCUT2D eigenvalue weighted by molar-refractivity contribution is -0.142. The molecule has 2 aromatic carbocycles. The highest BCUT2D eigenvalue weighted by Gasteiger charge is 2.53. The van der Waals surface area contributed by atoms with Crippen LogP contribution in [0.4, 0.5) is 0 Å². The van der Waals surface area contributed by atoms with Crippen molar-refractivity contribution >= 4 is 14.0 Å². The molecule has 0 aromatic heterocycles. The van der Waals surface area contributed by atoms with Gasteiger partial charge < -0.3 is 23.7 Å². The lowest BCUT2D eigenvalue weighted by Gasteiger charge is -2.38. The SMILES string of the molecule is C[Si](C)(C)CCOCOC1c2cc3c(cc2C(c2ccccc2)C2C(=O)OCC12)OCO3. The summed E-state index contributed by atoms with van der Waals surface area (Å²) in [6.45, 7) is 8.41. The monoisotopic (exact) mass is 454 g/mol. The average molecular weight is 455 g/mol. The van der Waals surface area contributed by atoms with Crippen LogP contribution in [0.3, 0.4) is 0 Å². The van der Waals surface area contributed by atoms with E-state index in [1.54, 1.807) is 0 Å². The maximum atomic E-state index is 12.9. The molecule has 7 heteroatoms. The Kier molecular flexibility index (Phi) is 5.73. The van der Waals surface area contributed by atoms with Crippen molar-refractivity contribution in [2.75, 3.05) is 26.8 Å². The van der Waals surface area contributed by atoms with Crippen LogP contribution in [-0.2, 0) is 19.0 Å². The molecule has 0 spiro atoms. The number of benzene rings is 2. The number of carbonyl (C=O) groups excluding carboxylic acids is 1. The second-order valence-corrected chi connectivity index (χ2v) is 15.6. The van der Waals surface area contributed by atoms with E-state index in [2.05, 4.69) is 31.8 Å². The summed E-state index contributed by atoms with van der Waals surface area (Å²) in [6, 6.07) is 15.3.